The molecule has 1 aliphatic rings. The molecule has 0 spiro atoms. The smallest absolute Gasteiger partial charge is 0.253 e. The summed E-state index contributed by atoms with van der Waals surface area (Å²) in [6, 6.07) is 11.7. The summed E-state index contributed by atoms with van der Waals surface area (Å²) < 4.78 is 0. The number of nitrogens with zero attached hydrogens (tertiary/aromatic N) is 5. The molecule has 0 saturated carbocycles. The minimum atomic E-state index is 0.0552. The Morgan fingerprint density at radius 2 is 1.85 bits per heavy atom. The molecule has 1 aromatic carbocycles. The van der Waals surface area contributed by atoms with Gasteiger partial charge in [-0.25, -0.2) is 0 Å². The van der Waals surface area contributed by atoms with Crippen molar-refractivity contribution in [2.45, 2.75) is 33.1 Å². The maximum Gasteiger partial charge on any atom is 0.253 e. The van der Waals surface area contributed by atoms with Crippen molar-refractivity contribution in [3.8, 4) is 6.07 Å². The summed E-state index contributed by atoms with van der Waals surface area (Å²) in [5.74, 6) is 0.708. The topological polar surface area (TPSA) is 73.1 Å². The Hall–Kier alpha value is -2.94. The Bertz CT molecular complexity index is 844. The normalized spacial score (nSPS) is 14.6. The van der Waals surface area contributed by atoms with Gasteiger partial charge in [0, 0.05) is 31.7 Å². The Kier molecular flexibility index (Phi) is 6.02. The molecular formula is C21H25N5O. The van der Waals surface area contributed by atoms with Crippen molar-refractivity contribution in [1.29, 1.82) is 5.26 Å². The first-order chi connectivity index (χ1) is 13.2. The van der Waals surface area contributed by atoms with E-state index >= 15 is 0 Å². The van der Waals surface area contributed by atoms with Crippen molar-refractivity contribution in [3.63, 3.8) is 0 Å². The molecule has 0 unspecified atom stereocenters. The zero-order chi connectivity index (χ0) is 19.2. The number of carbonyl (C=O) groups is 1. The van der Waals surface area contributed by atoms with Crippen LogP contribution in [0.1, 0.15) is 47.4 Å². The second-order valence-electron chi connectivity index (χ2n) is 6.64. The van der Waals surface area contributed by atoms with Gasteiger partial charge in [-0.05, 0) is 37.0 Å². The van der Waals surface area contributed by atoms with Crippen molar-refractivity contribution < 1.29 is 4.79 Å². The second kappa shape index (κ2) is 8.63. The minimum Gasteiger partial charge on any atom is -0.352 e. The van der Waals surface area contributed by atoms with Crippen molar-refractivity contribution in [2.75, 3.05) is 31.1 Å². The second-order valence-corrected chi connectivity index (χ2v) is 6.64. The molecule has 1 fully saturated rings. The summed E-state index contributed by atoms with van der Waals surface area (Å²) in [5.41, 5.74) is 3.23. The highest BCUT2D eigenvalue weighted by atomic mass is 16.2. The van der Waals surface area contributed by atoms with Crippen molar-refractivity contribution >= 4 is 11.7 Å². The molecule has 1 aromatic heterocycles. The van der Waals surface area contributed by atoms with E-state index in [1.165, 1.54) is 0 Å². The third kappa shape index (κ3) is 3.92. The third-order valence-electron chi connectivity index (χ3n) is 5.04. The van der Waals surface area contributed by atoms with Crippen molar-refractivity contribution in [1.82, 2.24) is 15.1 Å². The van der Waals surface area contributed by atoms with E-state index in [4.69, 9.17) is 0 Å². The number of anilines is 1. The van der Waals surface area contributed by atoms with Gasteiger partial charge in [-0.15, -0.1) is 5.10 Å². The molecule has 0 radical (unpaired) electrons. The molecule has 0 N–H and O–H groups in total. The standard InChI is InChI=1S/C21H25N5O/c1-3-17-18(15-22)20(24-23-19(17)4-2)25-11-8-12-26(14-13-25)21(27)16-9-6-5-7-10-16/h5-7,9-10H,3-4,8,11-14H2,1-2H3. The number of aromatic nitrogens is 2. The predicted octanol–water partition coefficient (Wildman–Crippen LogP) is 2.83. The van der Waals surface area contributed by atoms with Crippen LogP contribution in [0.3, 0.4) is 0 Å². The first-order valence-electron chi connectivity index (χ1n) is 9.57. The molecule has 3 rings (SSSR count). The molecule has 2 heterocycles. The fourth-order valence-electron chi connectivity index (χ4n) is 3.60. The minimum absolute atomic E-state index is 0.0552. The lowest BCUT2D eigenvalue weighted by Gasteiger charge is -2.24. The molecule has 2 aromatic rings. The van der Waals surface area contributed by atoms with Crippen LogP contribution in [0.15, 0.2) is 30.3 Å². The number of amides is 1. The van der Waals surface area contributed by atoms with Gasteiger partial charge >= 0.3 is 0 Å². The Labute approximate surface area is 160 Å². The van der Waals surface area contributed by atoms with Crippen molar-refractivity contribution in [3.05, 3.63) is 52.7 Å². The third-order valence-corrected chi connectivity index (χ3v) is 5.04. The molecule has 1 amide bonds. The number of hydrogen-bond donors (Lipinski definition) is 0. The molecule has 6 nitrogen and oxygen atoms in total. The molecule has 140 valence electrons. The number of benzene rings is 1. The molecule has 1 aliphatic heterocycles. The molecule has 27 heavy (non-hydrogen) atoms. The number of carbonyl (C=O) groups excluding carboxylic acids is 1. The van der Waals surface area contributed by atoms with Crippen LogP contribution in [-0.2, 0) is 12.8 Å². The summed E-state index contributed by atoms with van der Waals surface area (Å²) in [6.45, 7) is 6.80. The van der Waals surface area contributed by atoms with Crippen LogP contribution in [-0.4, -0.2) is 47.2 Å². The van der Waals surface area contributed by atoms with Gasteiger partial charge < -0.3 is 9.80 Å². The number of nitriles is 1. The lowest BCUT2D eigenvalue weighted by atomic mass is 10.0. The van der Waals surface area contributed by atoms with Crippen LogP contribution in [0.2, 0.25) is 0 Å². The van der Waals surface area contributed by atoms with Crippen LogP contribution in [0, 0.1) is 11.3 Å². The van der Waals surface area contributed by atoms with Gasteiger partial charge in [-0.2, -0.15) is 10.4 Å². The number of aryl methyl sites for hydroxylation is 1. The SMILES string of the molecule is CCc1nnc(N2CCCN(C(=O)c3ccccc3)CC2)c(C#N)c1CC. The van der Waals surface area contributed by atoms with Gasteiger partial charge in [0.1, 0.15) is 11.6 Å². The largest absolute Gasteiger partial charge is 0.352 e. The van der Waals surface area contributed by atoms with Gasteiger partial charge in [0.15, 0.2) is 5.82 Å². The zero-order valence-corrected chi connectivity index (χ0v) is 16.0. The highest BCUT2D eigenvalue weighted by Gasteiger charge is 2.24. The van der Waals surface area contributed by atoms with Gasteiger partial charge in [0.2, 0.25) is 0 Å². The summed E-state index contributed by atoms with van der Waals surface area (Å²) in [4.78, 5) is 16.7. The maximum atomic E-state index is 12.7. The quantitative estimate of drug-likeness (QED) is 0.835. The molecular weight excluding hydrogens is 338 g/mol. The molecule has 0 bridgehead atoms. The maximum absolute atomic E-state index is 12.7. The van der Waals surface area contributed by atoms with Crippen LogP contribution in [0.4, 0.5) is 5.82 Å². The average molecular weight is 363 g/mol. The van der Waals surface area contributed by atoms with Gasteiger partial charge in [0.05, 0.1) is 5.69 Å². The Morgan fingerprint density at radius 1 is 1.07 bits per heavy atom. The van der Waals surface area contributed by atoms with Crippen LogP contribution < -0.4 is 4.90 Å². The monoisotopic (exact) mass is 363 g/mol. The van der Waals surface area contributed by atoms with Crippen LogP contribution in [0.25, 0.3) is 0 Å². The van der Waals surface area contributed by atoms with E-state index in [1.54, 1.807) is 0 Å². The first-order valence-corrected chi connectivity index (χ1v) is 9.57. The van der Waals surface area contributed by atoms with Gasteiger partial charge in [-0.1, -0.05) is 32.0 Å². The van der Waals surface area contributed by atoms with E-state index in [9.17, 15) is 10.1 Å². The summed E-state index contributed by atoms with van der Waals surface area (Å²) in [5, 5.41) is 18.5. The number of rotatable bonds is 4. The van der Waals surface area contributed by atoms with E-state index in [1.807, 2.05) is 49.1 Å². The highest BCUT2D eigenvalue weighted by molar-refractivity contribution is 5.94. The van der Waals surface area contributed by atoms with E-state index in [-0.39, 0.29) is 5.91 Å². The molecule has 0 aliphatic carbocycles. The van der Waals surface area contributed by atoms with Gasteiger partial charge in [0.25, 0.3) is 5.91 Å². The number of hydrogen-bond acceptors (Lipinski definition) is 5. The lowest BCUT2D eigenvalue weighted by molar-refractivity contribution is 0.0767. The average Bonchev–Trinajstić information content (AvgIpc) is 2.98. The predicted molar refractivity (Wildman–Crippen MR) is 105 cm³/mol. The van der Waals surface area contributed by atoms with Gasteiger partial charge in [-0.3, -0.25) is 4.79 Å². The summed E-state index contributed by atoms with van der Waals surface area (Å²) >= 11 is 0. The van der Waals surface area contributed by atoms with E-state index < -0.39 is 0 Å². The van der Waals surface area contributed by atoms with E-state index in [0.29, 0.717) is 36.6 Å². The van der Waals surface area contributed by atoms with Crippen molar-refractivity contribution in [2.24, 2.45) is 0 Å². The van der Waals surface area contributed by atoms with Crippen LogP contribution >= 0.6 is 0 Å². The van der Waals surface area contributed by atoms with Crippen LogP contribution in [0.5, 0.6) is 0 Å². The molecule has 0 atom stereocenters. The summed E-state index contributed by atoms with van der Waals surface area (Å²) in [7, 11) is 0. The first kappa shape index (κ1) is 18.8. The lowest BCUT2D eigenvalue weighted by Crippen LogP contribution is -2.35. The molecule has 1 saturated heterocycles. The van der Waals surface area contributed by atoms with E-state index in [2.05, 4.69) is 21.2 Å². The molecule has 6 heteroatoms. The zero-order valence-electron chi connectivity index (χ0n) is 16.0. The summed E-state index contributed by atoms with van der Waals surface area (Å²) in [6.07, 6.45) is 2.37. The van der Waals surface area contributed by atoms with E-state index in [0.717, 1.165) is 37.1 Å². The fraction of sp³-hybridized carbons (Fsp3) is 0.429. The Balaban J connectivity index is 1.81. The highest BCUT2D eigenvalue weighted by Crippen LogP contribution is 2.24. The Morgan fingerprint density at radius 3 is 2.52 bits per heavy atom. The fourth-order valence-corrected chi connectivity index (χ4v) is 3.60.